The Hall–Kier alpha value is -3.03. The molecule has 1 aromatic carbocycles. The summed E-state index contributed by atoms with van der Waals surface area (Å²) in [5, 5.41) is 2.97. The van der Waals surface area contributed by atoms with E-state index in [1.807, 2.05) is 19.1 Å². The highest BCUT2D eigenvalue weighted by Crippen LogP contribution is 2.54. The molecule has 5 atom stereocenters. The van der Waals surface area contributed by atoms with Gasteiger partial charge in [-0.05, 0) is 24.5 Å². The summed E-state index contributed by atoms with van der Waals surface area (Å²) in [6.07, 6.45) is 17.2. The van der Waals surface area contributed by atoms with Crippen molar-refractivity contribution in [3.8, 4) is 0 Å². The summed E-state index contributed by atoms with van der Waals surface area (Å²) in [6.45, 7) is 4.56. The molecule has 1 amide bonds. The molecule has 0 bridgehead atoms. The van der Waals surface area contributed by atoms with Crippen molar-refractivity contribution in [2.24, 2.45) is 17.8 Å². The maximum absolute atomic E-state index is 13.7. The highest BCUT2D eigenvalue weighted by atomic mass is 16.6. The van der Waals surface area contributed by atoms with Crippen LogP contribution in [0.15, 0.2) is 18.2 Å². The van der Waals surface area contributed by atoms with Crippen LogP contribution in [-0.4, -0.2) is 36.3 Å². The van der Waals surface area contributed by atoms with E-state index < -0.39 is 59.4 Å². The third-order valence-electron chi connectivity index (χ3n) is 9.27. The number of aryl methyl sites for hydroxylation is 1. The zero-order valence-electron chi connectivity index (χ0n) is 25.3. The quantitative estimate of drug-likeness (QED) is 0.133. The predicted octanol–water partition coefficient (Wildman–Crippen LogP) is 6.18. The topological polar surface area (TPSA) is 116 Å². The number of amides is 1. The van der Waals surface area contributed by atoms with Crippen LogP contribution >= 0.6 is 0 Å². The van der Waals surface area contributed by atoms with Gasteiger partial charge in [0.25, 0.3) is 0 Å². The smallest absolute Gasteiger partial charge is 0.321 e. The molecule has 1 N–H and O–H groups in total. The number of rotatable bonds is 17. The van der Waals surface area contributed by atoms with E-state index >= 15 is 0 Å². The first-order valence-corrected chi connectivity index (χ1v) is 16.2. The molecular formula is C34H47NO7. The number of hydrogen-bond donors (Lipinski definition) is 1. The third kappa shape index (κ3) is 7.67. The van der Waals surface area contributed by atoms with Gasteiger partial charge in [0.1, 0.15) is 0 Å². The number of hydrogen-bond acceptors (Lipinski definition) is 7. The molecule has 5 unspecified atom stereocenters. The van der Waals surface area contributed by atoms with E-state index in [1.54, 1.807) is 6.07 Å². The van der Waals surface area contributed by atoms with Crippen molar-refractivity contribution in [1.82, 2.24) is 5.32 Å². The van der Waals surface area contributed by atoms with Crippen molar-refractivity contribution < 1.29 is 33.4 Å². The van der Waals surface area contributed by atoms with E-state index in [-0.39, 0.29) is 6.42 Å². The van der Waals surface area contributed by atoms with Gasteiger partial charge >= 0.3 is 23.9 Å². The van der Waals surface area contributed by atoms with Crippen LogP contribution < -0.4 is 5.32 Å². The van der Waals surface area contributed by atoms with Crippen LogP contribution in [0.3, 0.4) is 0 Å². The number of unbranched alkanes of at least 4 members (excludes halogenated alkanes) is 13. The Bertz CT molecular complexity index is 1140. The number of carbonyl (C=O) groups excluding carboxylic acids is 5. The minimum atomic E-state index is -1.04. The average molecular weight is 582 g/mol. The Morgan fingerprint density at radius 2 is 1.33 bits per heavy atom. The summed E-state index contributed by atoms with van der Waals surface area (Å²) in [5.41, 5.74) is 2.09. The molecule has 42 heavy (non-hydrogen) atoms. The molecule has 2 heterocycles. The van der Waals surface area contributed by atoms with Gasteiger partial charge in [-0.2, -0.15) is 0 Å². The molecule has 2 saturated heterocycles. The van der Waals surface area contributed by atoms with Gasteiger partial charge in [-0.25, -0.2) is 0 Å². The van der Waals surface area contributed by atoms with Crippen molar-refractivity contribution in [1.29, 1.82) is 0 Å². The van der Waals surface area contributed by atoms with Gasteiger partial charge in [-0.1, -0.05) is 114 Å². The second-order valence-electron chi connectivity index (χ2n) is 12.4. The first-order valence-electron chi connectivity index (χ1n) is 16.2. The molecule has 1 aliphatic carbocycles. The summed E-state index contributed by atoms with van der Waals surface area (Å²) < 4.78 is 9.89. The van der Waals surface area contributed by atoms with Crippen molar-refractivity contribution in [3.63, 3.8) is 0 Å². The largest absolute Gasteiger partial charge is 0.393 e. The zero-order valence-corrected chi connectivity index (χ0v) is 25.3. The molecule has 2 fully saturated rings. The van der Waals surface area contributed by atoms with Crippen LogP contribution in [0.4, 0.5) is 0 Å². The number of carbonyl (C=O) groups is 5. The maximum atomic E-state index is 13.7. The number of esters is 4. The molecule has 2 aliphatic heterocycles. The number of fused-ring (bicyclic) bond motifs is 3. The molecule has 0 spiro atoms. The van der Waals surface area contributed by atoms with Gasteiger partial charge in [0.2, 0.25) is 5.91 Å². The molecule has 0 saturated carbocycles. The fourth-order valence-corrected chi connectivity index (χ4v) is 7.08. The second kappa shape index (κ2) is 15.4. The summed E-state index contributed by atoms with van der Waals surface area (Å²) >= 11 is 0. The normalized spacial score (nSPS) is 24.8. The first kappa shape index (κ1) is 31.9. The van der Waals surface area contributed by atoms with Crippen LogP contribution in [0, 0.1) is 24.7 Å². The lowest BCUT2D eigenvalue weighted by Gasteiger charge is -2.39. The van der Waals surface area contributed by atoms with Gasteiger partial charge in [-0.3, -0.25) is 24.0 Å². The average Bonchev–Trinajstić information content (AvgIpc) is 3.45. The lowest BCUT2D eigenvalue weighted by atomic mass is 9.60. The first-order chi connectivity index (χ1) is 20.3. The van der Waals surface area contributed by atoms with Crippen molar-refractivity contribution in [2.45, 2.75) is 122 Å². The van der Waals surface area contributed by atoms with Gasteiger partial charge in [0.05, 0.1) is 30.1 Å². The van der Waals surface area contributed by atoms with E-state index in [2.05, 4.69) is 12.2 Å². The molecular weight excluding hydrogens is 534 g/mol. The number of benzene rings is 1. The Balaban J connectivity index is 1.29. The lowest BCUT2D eigenvalue weighted by Crippen LogP contribution is -2.47. The van der Waals surface area contributed by atoms with Crippen LogP contribution in [0.25, 0.3) is 0 Å². The second-order valence-corrected chi connectivity index (χ2v) is 12.4. The Kier molecular flexibility index (Phi) is 11.7. The minimum Gasteiger partial charge on any atom is -0.393 e. The monoisotopic (exact) mass is 581 g/mol. The number of ether oxygens (including phenoxy) is 2. The molecule has 0 radical (unpaired) electrons. The van der Waals surface area contributed by atoms with Crippen molar-refractivity contribution in [3.05, 3.63) is 34.9 Å². The number of cyclic esters (lactones) is 4. The molecule has 8 nitrogen and oxygen atoms in total. The maximum Gasteiger partial charge on any atom is 0.321 e. The molecule has 3 aliphatic rings. The molecule has 8 heteroatoms. The third-order valence-corrected chi connectivity index (χ3v) is 9.27. The van der Waals surface area contributed by atoms with E-state index in [0.717, 1.165) is 24.8 Å². The van der Waals surface area contributed by atoms with Gasteiger partial charge < -0.3 is 14.8 Å². The SMILES string of the molecule is CCCCCCCCCCCCCCCCNC(=O)C1C2C(=O)OC(=O)C2c2cc(C)ccc2C1C1CC(=O)OC1=O. The standard InChI is InChI=1S/C34H47NO7/c1-3-4-5-6-7-8-9-10-11-12-13-14-15-16-19-35-31(37)29-27(25-21-26(36)41-32(25)38)23-18-17-22(2)20-24(23)28-30(29)34(40)42-33(28)39/h17-18,20,25,27-30H,3-16,19,21H2,1-2H3,(H,35,37). The van der Waals surface area contributed by atoms with E-state index in [1.165, 1.54) is 70.6 Å². The van der Waals surface area contributed by atoms with Crippen LogP contribution in [0.5, 0.6) is 0 Å². The van der Waals surface area contributed by atoms with Gasteiger partial charge in [0, 0.05) is 12.5 Å². The van der Waals surface area contributed by atoms with Gasteiger partial charge in [-0.15, -0.1) is 0 Å². The van der Waals surface area contributed by atoms with Crippen molar-refractivity contribution >= 4 is 29.8 Å². The fraction of sp³-hybridized carbons (Fsp3) is 0.676. The zero-order chi connectivity index (χ0) is 30.1. The Labute approximate surface area is 249 Å². The van der Waals surface area contributed by atoms with Crippen LogP contribution in [0.1, 0.15) is 132 Å². The van der Waals surface area contributed by atoms with E-state index in [4.69, 9.17) is 9.47 Å². The van der Waals surface area contributed by atoms with Crippen LogP contribution in [0.2, 0.25) is 0 Å². The Morgan fingerprint density at radius 1 is 0.738 bits per heavy atom. The van der Waals surface area contributed by atoms with Gasteiger partial charge in [0.15, 0.2) is 0 Å². The molecule has 230 valence electrons. The van der Waals surface area contributed by atoms with E-state index in [9.17, 15) is 24.0 Å². The Morgan fingerprint density at radius 3 is 1.90 bits per heavy atom. The minimum absolute atomic E-state index is 0.167. The number of nitrogens with one attached hydrogen (secondary N) is 1. The molecule has 0 aromatic heterocycles. The lowest BCUT2D eigenvalue weighted by molar-refractivity contribution is -0.157. The van der Waals surface area contributed by atoms with Crippen LogP contribution in [-0.2, 0) is 33.4 Å². The summed E-state index contributed by atoms with van der Waals surface area (Å²) in [5.74, 6) is -7.80. The molecule has 4 rings (SSSR count). The summed E-state index contributed by atoms with van der Waals surface area (Å²) in [7, 11) is 0. The van der Waals surface area contributed by atoms with Crippen molar-refractivity contribution in [2.75, 3.05) is 6.54 Å². The summed E-state index contributed by atoms with van der Waals surface area (Å²) in [4.78, 5) is 64.2. The van der Waals surface area contributed by atoms with E-state index in [0.29, 0.717) is 17.7 Å². The summed E-state index contributed by atoms with van der Waals surface area (Å²) in [6, 6.07) is 5.45. The molecule has 1 aromatic rings. The fourth-order valence-electron chi connectivity index (χ4n) is 7.08. The highest BCUT2D eigenvalue weighted by Gasteiger charge is 2.60. The highest BCUT2D eigenvalue weighted by molar-refractivity contribution is 6.04. The predicted molar refractivity (Wildman–Crippen MR) is 157 cm³/mol.